The number of carbonyl (C=O) groups excluding carboxylic acids is 1. The molecule has 1 heterocycles. The number of aromatic hydroxyl groups is 1. The Morgan fingerprint density at radius 3 is 2.76 bits per heavy atom. The van der Waals surface area contributed by atoms with E-state index in [0.29, 0.717) is 4.47 Å². The molecule has 2 N–H and O–H groups in total. The minimum Gasteiger partial charge on any atom is -0.502 e. The first-order valence-corrected chi connectivity index (χ1v) is 8.86. The molecule has 0 unspecified atom stereocenters. The molecule has 1 aliphatic rings. The number of amides is 1. The predicted octanol–water partition coefficient (Wildman–Crippen LogP) is 3.13. The van der Waals surface area contributed by atoms with Gasteiger partial charge in [0.15, 0.2) is 0 Å². The van der Waals surface area contributed by atoms with Gasteiger partial charge in [-0.15, -0.1) is 0 Å². The highest BCUT2D eigenvalue weighted by Gasteiger charge is 2.32. The predicted molar refractivity (Wildman–Crippen MR) is 99.2 cm³/mol. The number of halogens is 1. The van der Waals surface area contributed by atoms with E-state index in [4.69, 9.17) is 17.3 Å². The molecule has 1 aromatic carbocycles. The first kappa shape index (κ1) is 19.3. The standard InChI is InChI=1S/C14H11BrN2O6S2/c15-8-4-7(12(20)9(6-8)17(22)23)5-10-13(21)16(14(24)25-10)3-1-2-11(18)19/h4-6,20H,1-3H2,(H,18,19)/b10-5-. The Labute approximate surface area is 159 Å². The van der Waals surface area contributed by atoms with Gasteiger partial charge in [0.25, 0.3) is 5.91 Å². The van der Waals surface area contributed by atoms with E-state index in [2.05, 4.69) is 15.9 Å². The third-order valence-corrected chi connectivity index (χ3v) is 5.05. The second-order valence-corrected chi connectivity index (χ2v) is 7.54. The molecule has 0 spiro atoms. The number of phenols is 1. The SMILES string of the molecule is O=C(O)CCCN1C(=O)/C(=C/c2cc(Br)cc([N+](=O)[O-])c2O)SC1=S. The van der Waals surface area contributed by atoms with E-state index >= 15 is 0 Å². The molecule has 0 atom stereocenters. The molecule has 0 aromatic heterocycles. The molecule has 0 saturated carbocycles. The van der Waals surface area contributed by atoms with E-state index in [-0.39, 0.29) is 34.2 Å². The monoisotopic (exact) mass is 446 g/mol. The lowest BCUT2D eigenvalue weighted by molar-refractivity contribution is -0.385. The molecule has 0 aliphatic carbocycles. The van der Waals surface area contributed by atoms with Crippen molar-refractivity contribution in [1.29, 1.82) is 0 Å². The summed E-state index contributed by atoms with van der Waals surface area (Å²) in [5, 5.41) is 29.6. The molecule has 25 heavy (non-hydrogen) atoms. The first-order valence-electron chi connectivity index (χ1n) is 6.84. The minimum absolute atomic E-state index is 0.0886. The summed E-state index contributed by atoms with van der Waals surface area (Å²) in [6.45, 7) is 0.166. The number of carboxylic acid groups (broad SMARTS) is 1. The van der Waals surface area contributed by atoms with Crippen molar-refractivity contribution in [2.75, 3.05) is 6.54 Å². The average molecular weight is 447 g/mol. The van der Waals surface area contributed by atoms with Crippen molar-refractivity contribution in [1.82, 2.24) is 4.90 Å². The first-order chi connectivity index (χ1) is 11.7. The van der Waals surface area contributed by atoms with Gasteiger partial charge in [0, 0.05) is 29.1 Å². The van der Waals surface area contributed by atoms with E-state index in [9.17, 15) is 24.8 Å². The maximum atomic E-state index is 12.4. The molecule has 0 radical (unpaired) electrons. The second kappa shape index (κ2) is 7.93. The summed E-state index contributed by atoms with van der Waals surface area (Å²) in [5.41, 5.74) is -0.385. The lowest BCUT2D eigenvalue weighted by atomic mass is 10.1. The van der Waals surface area contributed by atoms with Crippen LogP contribution in [-0.4, -0.2) is 42.8 Å². The summed E-state index contributed by atoms with van der Waals surface area (Å²) in [6, 6.07) is 2.60. The number of benzene rings is 1. The zero-order valence-corrected chi connectivity index (χ0v) is 15.7. The summed E-state index contributed by atoms with van der Waals surface area (Å²) in [4.78, 5) is 34.6. The molecule has 1 amide bonds. The number of aliphatic carboxylic acids is 1. The van der Waals surface area contributed by atoms with Crippen molar-refractivity contribution in [3.63, 3.8) is 0 Å². The van der Waals surface area contributed by atoms with Gasteiger partial charge in [-0.05, 0) is 18.6 Å². The number of hydrogen-bond acceptors (Lipinski definition) is 7. The van der Waals surface area contributed by atoms with Crippen LogP contribution in [0.2, 0.25) is 0 Å². The van der Waals surface area contributed by atoms with Crippen LogP contribution in [0.3, 0.4) is 0 Å². The molecule has 1 fully saturated rings. The van der Waals surface area contributed by atoms with Gasteiger partial charge in [-0.2, -0.15) is 0 Å². The van der Waals surface area contributed by atoms with Crippen LogP contribution in [0.1, 0.15) is 18.4 Å². The summed E-state index contributed by atoms with van der Waals surface area (Å²) >= 11 is 9.23. The average Bonchev–Trinajstić information content (AvgIpc) is 2.77. The number of rotatable bonds is 6. The van der Waals surface area contributed by atoms with Crippen molar-refractivity contribution >= 4 is 67.9 Å². The van der Waals surface area contributed by atoms with Crippen molar-refractivity contribution < 1.29 is 24.7 Å². The van der Waals surface area contributed by atoms with Crippen molar-refractivity contribution in [2.24, 2.45) is 0 Å². The normalized spacial score (nSPS) is 15.9. The molecule has 0 bridgehead atoms. The number of hydrogen-bond donors (Lipinski definition) is 2. The van der Waals surface area contributed by atoms with Crippen LogP contribution in [0.25, 0.3) is 6.08 Å². The topological polar surface area (TPSA) is 121 Å². The number of nitro groups is 1. The van der Waals surface area contributed by atoms with Crippen LogP contribution < -0.4 is 0 Å². The molecule has 11 heteroatoms. The second-order valence-electron chi connectivity index (χ2n) is 4.95. The Kier molecular flexibility index (Phi) is 6.14. The molecular formula is C14H11BrN2O6S2. The van der Waals surface area contributed by atoms with E-state index in [1.54, 1.807) is 0 Å². The fourth-order valence-corrected chi connectivity index (χ4v) is 3.84. The van der Waals surface area contributed by atoms with Gasteiger partial charge in [-0.1, -0.05) is 39.9 Å². The van der Waals surface area contributed by atoms with Gasteiger partial charge in [0.1, 0.15) is 4.32 Å². The zero-order valence-electron chi connectivity index (χ0n) is 12.5. The van der Waals surface area contributed by atoms with Crippen molar-refractivity contribution in [3.05, 3.63) is 37.2 Å². The number of thioether (sulfide) groups is 1. The van der Waals surface area contributed by atoms with Crippen LogP contribution in [0.5, 0.6) is 5.75 Å². The van der Waals surface area contributed by atoms with E-state index in [1.807, 2.05) is 0 Å². The lowest BCUT2D eigenvalue weighted by Gasteiger charge is -2.13. The number of nitrogens with zero attached hydrogens (tertiary/aromatic N) is 2. The van der Waals surface area contributed by atoms with Crippen LogP contribution in [0, 0.1) is 10.1 Å². The third kappa shape index (κ3) is 4.55. The van der Waals surface area contributed by atoms with Gasteiger partial charge in [0.05, 0.1) is 9.83 Å². The summed E-state index contributed by atoms with van der Waals surface area (Å²) in [5.74, 6) is -1.95. The number of nitro benzene ring substituents is 1. The Morgan fingerprint density at radius 2 is 2.16 bits per heavy atom. The third-order valence-electron chi connectivity index (χ3n) is 3.21. The number of carboxylic acids is 1. The Bertz CT molecular complexity index is 811. The zero-order chi connectivity index (χ0) is 18.7. The molecule has 2 rings (SSSR count). The van der Waals surface area contributed by atoms with Crippen molar-refractivity contribution in [3.8, 4) is 5.75 Å². The van der Waals surface area contributed by atoms with Crippen LogP contribution in [-0.2, 0) is 9.59 Å². The largest absolute Gasteiger partial charge is 0.502 e. The van der Waals surface area contributed by atoms with E-state index in [0.717, 1.165) is 17.8 Å². The Hall–Kier alpha value is -1.98. The molecule has 1 aliphatic heterocycles. The van der Waals surface area contributed by atoms with Crippen LogP contribution >= 0.6 is 39.9 Å². The quantitative estimate of drug-likeness (QED) is 0.295. The van der Waals surface area contributed by atoms with Gasteiger partial charge >= 0.3 is 11.7 Å². The summed E-state index contributed by atoms with van der Waals surface area (Å²) in [7, 11) is 0. The van der Waals surface area contributed by atoms with Gasteiger partial charge in [0.2, 0.25) is 5.75 Å². The van der Waals surface area contributed by atoms with Crippen LogP contribution in [0.4, 0.5) is 5.69 Å². The highest BCUT2D eigenvalue weighted by atomic mass is 79.9. The van der Waals surface area contributed by atoms with Crippen LogP contribution in [0.15, 0.2) is 21.5 Å². The highest BCUT2D eigenvalue weighted by Crippen LogP contribution is 2.38. The van der Waals surface area contributed by atoms with E-state index in [1.165, 1.54) is 17.0 Å². The summed E-state index contributed by atoms with van der Waals surface area (Å²) < 4.78 is 0.644. The van der Waals surface area contributed by atoms with Gasteiger partial charge in [-0.3, -0.25) is 24.6 Å². The molecular weight excluding hydrogens is 436 g/mol. The summed E-state index contributed by atoms with van der Waals surface area (Å²) in [6.07, 6.45) is 1.49. The number of phenolic OH excluding ortho intramolecular Hbond substituents is 1. The van der Waals surface area contributed by atoms with E-state index < -0.39 is 28.2 Å². The fourth-order valence-electron chi connectivity index (χ4n) is 2.08. The van der Waals surface area contributed by atoms with Gasteiger partial charge < -0.3 is 10.2 Å². The fraction of sp³-hybridized carbons (Fsp3) is 0.214. The molecule has 1 saturated heterocycles. The molecule has 8 nitrogen and oxygen atoms in total. The number of thiocarbonyl (C=S) groups is 1. The smallest absolute Gasteiger partial charge is 0.312 e. The Morgan fingerprint density at radius 1 is 1.48 bits per heavy atom. The highest BCUT2D eigenvalue weighted by molar-refractivity contribution is 9.10. The maximum Gasteiger partial charge on any atom is 0.312 e. The number of carbonyl (C=O) groups is 2. The Balaban J connectivity index is 2.28. The van der Waals surface area contributed by atoms with Crippen molar-refractivity contribution in [2.45, 2.75) is 12.8 Å². The molecule has 1 aromatic rings. The lowest BCUT2D eigenvalue weighted by Crippen LogP contribution is -2.29. The minimum atomic E-state index is -0.965. The van der Waals surface area contributed by atoms with Gasteiger partial charge in [-0.25, -0.2) is 0 Å². The molecule has 132 valence electrons. The maximum absolute atomic E-state index is 12.4.